The Bertz CT molecular complexity index is 463. The molecule has 1 heterocycles. The van der Waals surface area contributed by atoms with Gasteiger partial charge in [0.15, 0.2) is 0 Å². The molecule has 1 aromatic rings. The lowest BCUT2D eigenvalue weighted by atomic mass is 9.87. The third kappa shape index (κ3) is 5.52. The lowest BCUT2D eigenvalue weighted by molar-refractivity contribution is -0.139. The second-order valence-electron chi connectivity index (χ2n) is 5.70. The van der Waals surface area contributed by atoms with Crippen LogP contribution in [0.4, 0.5) is 13.2 Å². The van der Waals surface area contributed by atoms with Crippen molar-refractivity contribution in [1.29, 1.82) is 0 Å². The van der Waals surface area contributed by atoms with Crippen LogP contribution in [0.5, 0.6) is 0 Å². The van der Waals surface area contributed by atoms with E-state index in [0.29, 0.717) is 5.56 Å². The summed E-state index contributed by atoms with van der Waals surface area (Å²) in [4.78, 5) is 2.19. The molecule has 2 rings (SSSR count). The van der Waals surface area contributed by atoms with Crippen LogP contribution in [0.3, 0.4) is 0 Å². The van der Waals surface area contributed by atoms with Crippen molar-refractivity contribution in [2.45, 2.75) is 32.5 Å². The Hall–Kier alpha value is -0.490. The molecule has 1 aliphatic heterocycles. The molecule has 1 fully saturated rings. The van der Waals surface area contributed by atoms with Crippen LogP contribution in [0.25, 0.3) is 0 Å². The maximum Gasteiger partial charge on any atom is 0.416 e. The molecule has 2 nitrogen and oxygen atoms in total. The largest absolute Gasteiger partial charge is 0.416 e. The molecule has 1 saturated heterocycles. The monoisotopic (exact) mass is 372 g/mol. The van der Waals surface area contributed by atoms with Crippen LogP contribution in [0.1, 0.15) is 37.4 Å². The smallest absolute Gasteiger partial charge is 0.314 e. The number of piperazine rings is 1. The fourth-order valence-corrected chi connectivity index (χ4v) is 3.06. The lowest BCUT2D eigenvalue weighted by Crippen LogP contribution is -2.47. The van der Waals surface area contributed by atoms with Crippen molar-refractivity contribution in [3.63, 3.8) is 0 Å². The van der Waals surface area contributed by atoms with Crippen LogP contribution < -0.4 is 5.32 Å². The first-order valence-corrected chi connectivity index (χ1v) is 7.56. The first kappa shape index (κ1) is 22.5. The van der Waals surface area contributed by atoms with Crippen molar-refractivity contribution in [3.05, 3.63) is 35.4 Å². The molecule has 1 unspecified atom stereocenters. The van der Waals surface area contributed by atoms with Gasteiger partial charge >= 0.3 is 6.18 Å². The summed E-state index contributed by atoms with van der Waals surface area (Å²) in [6.45, 7) is 7.33. The number of rotatable bonds is 4. The van der Waals surface area contributed by atoms with E-state index >= 15 is 0 Å². The maximum atomic E-state index is 13.3. The van der Waals surface area contributed by atoms with E-state index in [-0.39, 0.29) is 36.8 Å². The van der Waals surface area contributed by atoms with Crippen LogP contribution in [0.2, 0.25) is 0 Å². The van der Waals surface area contributed by atoms with Gasteiger partial charge in [0.05, 0.1) is 5.56 Å². The Kier molecular flexibility index (Phi) is 9.51. The van der Waals surface area contributed by atoms with Crippen LogP contribution >= 0.6 is 24.8 Å². The molecule has 23 heavy (non-hydrogen) atoms. The van der Waals surface area contributed by atoms with Crippen molar-refractivity contribution in [2.75, 3.05) is 26.2 Å². The molecule has 0 radical (unpaired) electrons. The highest BCUT2D eigenvalue weighted by molar-refractivity contribution is 5.85. The Morgan fingerprint density at radius 1 is 1.13 bits per heavy atom. The maximum absolute atomic E-state index is 13.3. The van der Waals surface area contributed by atoms with Crippen LogP contribution in [-0.2, 0) is 6.18 Å². The van der Waals surface area contributed by atoms with E-state index in [9.17, 15) is 13.2 Å². The van der Waals surface area contributed by atoms with Gasteiger partial charge in [0.25, 0.3) is 0 Å². The normalized spacial score (nSPS) is 18.5. The van der Waals surface area contributed by atoms with Gasteiger partial charge < -0.3 is 5.32 Å². The third-order valence-corrected chi connectivity index (χ3v) is 4.31. The SMILES string of the molecule is CCC(C)[C@H](c1ccccc1C(F)(F)F)N1CCNCC1.Cl.Cl. The highest BCUT2D eigenvalue weighted by atomic mass is 35.5. The number of benzene rings is 1. The Morgan fingerprint density at radius 3 is 2.22 bits per heavy atom. The minimum Gasteiger partial charge on any atom is -0.314 e. The number of halogens is 5. The first-order valence-electron chi connectivity index (χ1n) is 7.56. The number of alkyl halides is 3. The van der Waals surface area contributed by atoms with Gasteiger partial charge in [0.1, 0.15) is 0 Å². The average Bonchev–Trinajstić information content (AvgIpc) is 2.48. The van der Waals surface area contributed by atoms with Crippen molar-refractivity contribution < 1.29 is 13.2 Å². The van der Waals surface area contributed by atoms with E-state index in [1.165, 1.54) is 12.1 Å². The summed E-state index contributed by atoms with van der Waals surface area (Å²) >= 11 is 0. The summed E-state index contributed by atoms with van der Waals surface area (Å²) < 4.78 is 39.9. The molecule has 7 heteroatoms. The number of nitrogens with one attached hydrogen (secondary N) is 1. The Morgan fingerprint density at radius 2 is 1.70 bits per heavy atom. The molecule has 1 N–H and O–H groups in total. The molecule has 0 saturated carbocycles. The summed E-state index contributed by atoms with van der Waals surface area (Å²) in [6, 6.07) is 5.85. The summed E-state index contributed by atoms with van der Waals surface area (Å²) in [6.07, 6.45) is -3.43. The van der Waals surface area contributed by atoms with Gasteiger partial charge in [-0.25, -0.2) is 0 Å². The van der Waals surface area contributed by atoms with Crippen molar-refractivity contribution in [2.24, 2.45) is 5.92 Å². The highest BCUT2D eigenvalue weighted by Gasteiger charge is 2.37. The van der Waals surface area contributed by atoms with E-state index in [4.69, 9.17) is 0 Å². The Balaban J connectivity index is 0.00000242. The summed E-state index contributed by atoms with van der Waals surface area (Å²) in [5.41, 5.74) is -0.0740. The summed E-state index contributed by atoms with van der Waals surface area (Å²) in [7, 11) is 0. The molecule has 2 atom stereocenters. The molecule has 0 bridgehead atoms. The minimum atomic E-state index is -4.30. The molecular formula is C16H25Cl2F3N2. The molecule has 1 aromatic carbocycles. The predicted octanol–water partition coefficient (Wildman–Crippen LogP) is 4.54. The Labute approximate surface area is 148 Å². The van der Waals surface area contributed by atoms with Crippen LogP contribution in [0, 0.1) is 5.92 Å². The molecule has 134 valence electrons. The highest BCUT2D eigenvalue weighted by Crippen LogP contribution is 2.39. The van der Waals surface area contributed by atoms with E-state index in [1.54, 1.807) is 12.1 Å². The molecule has 1 aliphatic rings. The van der Waals surface area contributed by atoms with Crippen LogP contribution in [-0.4, -0.2) is 31.1 Å². The second kappa shape index (κ2) is 9.72. The van der Waals surface area contributed by atoms with E-state index in [0.717, 1.165) is 32.6 Å². The summed E-state index contributed by atoms with van der Waals surface area (Å²) in [5.74, 6) is 0.187. The standard InChI is InChI=1S/C16H23F3N2.2ClH/c1-3-12(2)15(21-10-8-20-9-11-21)13-6-4-5-7-14(13)16(17,18)19;;/h4-7,12,15,20H,3,8-11H2,1-2H3;2*1H/t12?,15-;;/m1../s1. The first-order chi connectivity index (χ1) is 9.95. The lowest BCUT2D eigenvalue weighted by Gasteiger charge is -2.39. The van der Waals surface area contributed by atoms with Gasteiger partial charge in [-0.05, 0) is 17.5 Å². The van der Waals surface area contributed by atoms with Gasteiger partial charge in [-0.1, -0.05) is 38.5 Å². The molecule has 0 amide bonds. The second-order valence-corrected chi connectivity index (χ2v) is 5.70. The zero-order chi connectivity index (χ0) is 15.5. The fraction of sp³-hybridized carbons (Fsp3) is 0.625. The quantitative estimate of drug-likeness (QED) is 0.834. The zero-order valence-corrected chi connectivity index (χ0v) is 15.0. The number of hydrogen-bond acceptors (Lipinski definition) is 2. The van der Waals surface area contributed by atoms with E-state index in [1.807, 2.05) is 13.8 Å². The van der Waals surface area contributed by atoms with Gasteiger partial charge in [0.2, 0.25) is 0 Å². The number of nitrogens with zero attached hydrogens (tertiary/aromatic N) is 1. The topological polar surface area (TPSA) is 15.3 Å². The van der Waals surface area contributed by atoms with Crippen molar-refractivity contribution in [3.8, 4) is 0 Å². The van der Waals surface area contributed by atoms with E-state index in [2.05, 4.69) is 10.2 Å². The van der Waals surface area contributed by atoms with Gasteiger partial charge in [-0.2, -0.15) is 13.2 Å². The van der Waals surface area contributed by atoms with E-state index < -0.39 is 11.7 Å². The summed E-state index contributed by atoms with van der Waals surface area (Å²) in [5, 5.41) is 3.26. The average molecular weight is 373 g/mol. The van der Waals surface area contributed by atoms with Gasteiger partial charge in [-0.3, -0.25) is 4.90 Å². The molecular weight excluding hydrogens is 348 g/mol. The molecule has 0 aromatic heterocycles. The fourth-order valence-electron chi connectivity index (χ4n) is 3.06. The van der Waals surface area contributed by atoms with Crippen molar-refractivity contribution >= 4 is 24.8 Å². The zero-order valence-electron chi connectivity index (χ0n) is 13.4. The molecule has 0 spiro atoms. The predicted molar refractivity (Wildman–Crippen MR) is 92.6 cm³/mol. The molecule has 0 aliphatic carbocycles. The minimum absolute atomic E-state index is 0. The third-order valence-electron chi connectivity index (χ3n) is 4.31. The van der Waals surface area contributed by atoms with Crippen molar-refractivity contribution in [1.82, 2.24) is 10.2 Å². The number of hydrogen-bond donors (Lipinski definition) is 1. The van der Waals surface area contributed by atoms with Gasteiger partial charge in [0, 0.05) is 32.2 Å². The van der Waals surface area contributed by atoms with Gasteiger partial charge in [-0.15, -0.1) is 24.8 Å². The van der Waals surface area contributed by atoms with Crippen LogP contribution in [0.15, 0.2) is 24.3 Å².